The summed E-state index contributed by atoms with van der Waals surface area (Å²) >= 11 is 11.3. The topological polar surface area (TPSA) is 50.9 Å². The molecule has 0 radical (unpaired) electrons. The smallest absolute Gasteiger partial charge is 0.0897 e. The number of benzene rings is 1. The van der Waals surface area contributed by atoms with Gasteiger partial charge >= 0.3 is 0 Å². The number of rotatable bonds is 4. The van der Waals surface area contributed by atoms with Crippen LogP contribution in [0.5, 0.6) is 0 Å². The molecule has 1 atom stereocenters. The summed E-state index contributed by atoms with van der Waals surface area (Å²) < 4.78 is 0.955. The molecule has 0 aliphatic heterocycles. The molecule has 1 aromatic heterocycles. The second-order valence-corrected chi connectivity index (χ2v) is 6.33. The second-order valence-electron chi connectivity index (χ2n) is 3.95. The van der Waals surface area contributed by atoms with E-state index in [0.717, 1.165) is 27.2 Å². The highest BCUT2D eigenvalue weighted by Crippen LogP contribution is 2.28. The molecular weight excluding hydrogens is 334 g/mol. The van der Waals surface area contributed by atoms with Gasteiger partial charge in [0.2, 0.25) is 0 Å². The standard InChI is InChI=1S/C12H13BrClN3S/c1-7-16-9(6-18-7)5-12(17-15)10-3-2-8(13)4-11(10)14/h2-4,6,12,17H,5,15H2,1H3. The highest BCUT2D eigenvalue weighted by atomic mass is 79.9. The summed E-state index contributed by atoms with van der Waals surface area (Å²) in [6, 6.07) is 5.76. The predicted molar refractivity (Wildman–Crippen MR) is 79.8 cm³/mol. The second kappa shape index (κ2) is 6.12. The van der Waals surface area contributed by atoms with Crippen LogP contribution in [0.15, 0.2) is 28.1 Å². The van der Waals surface area contributed by atoms with Gasteiger partial charge in [-0.05, 0) is 24.6 Å². The lowest BCUT2D eigenvalue weighted by Crippen LogP contribution is -2.29. The third-order valence-electron chi connectivity index (χ3n) is 2.62. The summed E-state index contributed by atoms with van der Waals surface area (Å²) in [5.74, 6) is 5.62. The maximum Gasteiger partial charge on any atom is 0.0897 e. The van der Waals surface area contributed by atoms with Gasteiger partial charge in [-0.1, -0.05) is 33.6 Å². The molecule has 0 spiro atoms. The first kappa shape index (κ1) is 14.0. The summed E-state index contributed by atoms with van der Waals surface area (Å²) in [6.07, 6.45) is 0.724. The molecule has 1 heterocycles. The average Bonchev–Trinajstić information content (AvgIpc) is 2.72. The predicted octanol–water partition coefficient (Wildman–Crippen LogP) is 3.61. The fourth-order valence-electron chi connectivity index (χ4n) is 1.75. The van der Waals surface area contributed by atoms with Crippen molar-refractivity contribution in [3.63, 3.8) is 0 Å². The Morgan fingerprint density at radius 3 is 2.89 bits per heavy atom. The Hall–Kier alpha value is -0.460. The van der Waals surface area contributed by atoms with E-state index in [1.807, 2.05) is 30.5 Å². The Morgan fingerprint density at radius 1 is 1.56 bits per heavy atom. The molecule has 0 aliphatic rings. The minimum Gasteiger partial charge on any atom is -0.271 e. The summed E-state index contributed by atoms with van der Waals surface area (Å²) in [7, 11) is 0. The molecule has 18 heavy (non-hydrogen) atoms. The summed E-state index contributed by atoms with van der Waals surface area (Å²) in [6.45, 7) is 1.99. The van der Waals surface area contributed by atoms with Gasteiger partial charge in [0.1, 0.15) is 0 Å². The lowest BCUT2D eigenvalue weighted by Gasteiger charge is -2.16. The molecule has 2 aromatic rings. The van der Waals surface area contributed by atoms with E-state index >= 15 is 0 Å². The van der Waals surface area contributed by atoms with Crippen LogP contribution >= 0.6 is 38.9 Å². The minimum absolute atomic E-state index is 0.0351. The average molecular weight is 347 g/mol. The first-order valence-corrected chi connectivity index (χ1v) is 7.47. The zero-order chi connectivity index (χ0) is 13.1. The Morgan fingerprint density at radius 2 is 2.33 bits per heavy atom. The molecule has 0 fully saturated rings. The van der Waals surface area contributed by atoms with Crippen LogP contribution in [0, 0.1) is 6.92 Å². The number of nitrogens with two attached hydrogens (primary N) is 1. The van der Waals surface area contributed by atoms with Crippen LogP contribution in [0.3, 0.4) is 0 Å². The molecule has 6 heteroatoms. The fraction of sp³-hybridized carbons (Fsp3) is 0.250. The van der Waals surface area contributed by atoms with Crippen molar-refractivity contribution >= 4 is 38.9 Å². The number of aromatic nitrogens is 1. The molecule has 1 aromatic carbocycles. The van der Waals surface area contributed by atoms with Gasteiger partial charge < -0.3 is 0 Å². The minimum atomic E-state index is -0.0351. The van der Waals surface area contributed by atoms with E-state index in [1.54, 1.807) is 11.3 Å². The number of hydrazine groups is 1. The van der Waals surface area contributed by atoms with Crippen molar-refractivity contribution in [1.82, 2.24) is 10.4 Å². The van der Waals surface area contributed by atoms with E-state index in [9.17, 15) is 0 Å². The van der Waals surface area contributed by atoms with E-state index in [0.29, 0.717) is 5.02 Å². The molecule has 3 N–H and O–H groups in total. The van der Waals surface area contributed by atoms with E-state index in [1.165, 1.54) is 0 Å². The number of hydrogen-bond donors (Lipinski definition) is 2. The molecule has 0 aliphatic carbocycles. The number of hydrogen-bond acceptors (Lipinski definition) is 4. The highest BCUT2D eigenvalue weighted by Gasteiger charge is 2.15. The van der Waals surface area contributed by atoms with Crippen LogP contribution in [0.2, 0.25) is 5.02 Å². The molecular formula is C12H13BrClN3S. The number of nitrogens with one attached hydrogen (secondary N) is 1. The molecule has 0 bridgehead atoms. The molecule has 2 rings (SSSR count). The van der Waals surface area contributed by atoms with Crippen LogP contribution in [0.25, 0.3) is 0 Å². The summed E-state index contributed by atoms with van der Waals surface area (Å²) in [5.41, 5.74) is 4.81. The molecule has 0 saturated heterocycles. The maximum atomic E-state index is 6.23. The van der Waals surface area contributed by atoms with E-state index in [2.05, 4.69) is 26.3 Å². The van der Waals surface area contributed by atoms with Crippen molar-refractivity contribution in [2.75, 3.05) is 0 Å². The van der Waals surface area contributed by atoms with Gasteiger partial charge in [0.15, 0.2) is 0 Å². The van der Waals surface area contributed by atoms with Crippen LogP contribution in [0.1, 0.15) is 22.3 Å². The van der Waals surface area contributed by atoms with Gasteiger partial charge in [0, 0.05) is 21.3 Å². The largest absolute Gasteiger partial charge is 0.271 e. The van der Waals surface area contributed by atoms with Crippen molar-refractivity contribution in [3.8, 4) is 0 Å². The van der Waals surface area contributed by atoms with Crippen molar-refractivity contribution in [2.24, 2.45) is 5.84 Å². The lowest BCUT2D eigenvalue weighted by molar-refractivity contribution is 0.547. The molecule has 3 nitrogen and oxygen atoms in total. The van der Waals surface area contributed by atoms with Gasteiger partial charge in [0.05, 0.1) is 16.7 Å². The Kier molecular flexibility index (Phi) is 4.75. The third-order valence-corrected chi connectivity index (χ3v) is 4.26. The first-order valence-electron chi connectivity index (χ1n) is 5.42. The van der Waals surface area contributed by atoms with Gasteiger partial charge in [-0.3, -0.25) is 11.3 Å². The van der Waals surface area contributed by atoms with Crippen LogP contribution in [-0.2, 0) is 6.42 Å². The molecule has 0 amide bonds. The molecule has 0 saturated carbocycles. The zero-order valence-electron chi connectivity index (χ0n) is 9.78. The Balaban J connectivity index is 2.22. The van der Waals surface area contributed by atoms with Gasteiger partial charge in [0.25, 0.3) is 0 Å². The molecule has 1 unspecified atom stereocenters. The van der Waals surface area contributed by atoms with Crippen LogP contribution < -0.4 is 11.3 Å². The van der Waals surface area contributed by atoms with Crippen molar-refractivity contribution in [1.29, 1.82) is 0 Å². The fourth-order valence-corrected chi connectivity index (χ4v) is 3.18. The van der Waals surface area contributed by atoms with Gasteiger partial charge in [-0.2, -0.15) is 0 Å². The van der Waals surface area contributed by atoms with Crippen molar-refractivity contribution < 1.29 is 0 Å². The van der Waals surface area contributed by atoms with Crippen LogP contribution in [0.4, 0.5) is 0 Å². The zero-order valence-corrected chi connectivity index (χ0v) is 12.9. The van der Waals surface area contributed by atoms with E-state index < -0.39 is 0 Å². The summed E-state index contributed by atoms with van der Waals surface area (Å²) in [5, 5.41) is 3.80. The van der Waals surface area contributed by atoms with E-state index in [4.69, 9.17) is 17.4 Å². The number of thiazole rings is 1. The number of aryl methyl sites for hydroxylation is 1. The quantitative estimate of drug-likeness (QED) is 0.657. The summed E-state index contributed by atoms with van der Waals surface area (Å²) in [4.78, 5) is 4.44. The van der Waals surface area contributed by atoms with Gasteiger partial charge in [-0.25, -0.2) is 4.98 Å². The Labute approximate surface area is 123 Å². The SMILES string of the molecule is Cc1nc(CC(NN)c2ccc(Br)cc2Cl)cs1. The normalized spacial score (nSPS) is 12.7. The molecule has 96 valence electrons. The maximum absolute atomic E-state index is 6.23. The Bertz CT molecular complexity index is 544. The number of halogens is 2. The van der Waals surface area contributed by atoms with Crippen molar-refractivity contribution in [2.45, 2.75) is 19.4 Å². The highest BCUT2D eigenvalue weighted by molar-refractivity contribution is 9.10. The number of nitrogens with zero attached hydrogens (tertiary/aromatic N) is 1. The van der Waals surface area contributed by atoms with Crippen molar-refractivity contribution in [3.05, 3.63) is 49.3 Å². The monoisotopic (exact) mass is 345 g/mol. The van der Waals surface area contributed by atoms with Crippen LogP contribution in [-0.4, -0.2) is 4.98 Å². The third kappa shape index (κ3) is 3.30. The van der Waals surface area contributed by atoms with E-state index in [-0.39, 0.29) is 6.04 Å². The van der Waals surface area contributed by atoms with Gasteiger partial charge in [-0.15, -0.1) is 11.3 Å². The first-order chi connectivity index (χ1) is 8.60. The lowest BCUT2D eigenvalue weighted by atomic mass is 10.0.